The highest BCUT2D eigenvalue weighted by atomic mass is 35.5. The van der Waals surface area contributed by atoms with Crippen molar-refractivity contribution in [1.82, 2.24) is 0 Å². The Hall–Kier alpha value is -3.70. The summed E-state index contributed by atoms with van der Waals surface area (Å²) in [6.45, 7) is 3.47. The Morgan fingerprint density at radius 3 is 2.29 bits per heavy atom. The first-order valence-electron chi connectivity index (χ1n) is 10.6. The maximum absolute atomic E-state index is 13.0. The molecule has 5 nitrogen and oxygen atoms in total. The van der Waals surface area contributed by atoms with Crippen LogP contribution in [0.3, 0.4) is 0 Å². The molecule has 0 saturated heterocycles. The molecule has 0 bridgehead atoms. The van der Waals surface area contributed by atoms with Crippen molar-refractivity contribution in [1.29, 1.82) is 5.26 Å². The number of para-hydroxylation sites is 1. The third-order valence-electron chi connectivity index (χ3n) is 5.01. The standard InChI is InChI=1S/C26H22ClF3N2O3/c1-16(2)24(32-18-11-12-21(22(27)14-18)26(28,29)30)25(33)35-23(15-31)17-7-6-10-20(13-17)34-19-8-4-3-5-9-19/h3-14,16,23-24,32H,1-2H3/t23-,24-/m1/s1. The molecule has 3 aromatic rings. The Morgan fingerprint density at radius 2 is 1.69 bits per heavy atom. The molecule has 0 aliphatic rings. The number of nitrogens with zero attached hydrogens (tertiary/aromatic N) is 1. The maximum Gasteiger partial charge on any atom is 0.417 e. The van der Waals surface area contributed by atoms with Crippen molar-refractivity contribution in [3.8, 4) is 17.6 Å². The average molecular weight is 503 g/mol. The number of nitriles is 1. The third kappa shape index (κ3) is 6.90. The molecule has 0 fully saturated rings. The molecule has 9 heteroatoms. The predicted octanol–water partition coefficient (Wildman–Crippen LogP) is 7.40. The first-order valence-corrected chi connectivity index (χ1v) is 11.0. The zero-order valence-corrected chi connectivity index (χ0v) is 19.6. The molecule has 0 amide bonds. The van der Waals surface area contributed by atoms with Gasteiger partial charge < -0.3 is 14.8 Å². The SMILES string of the molecule is CC(C)[C@@H](Nc1ccc(C(F)(F)F)c(Cl)c1)C(=O)O[C@H](C#N)c1cccc(Oc2ccccc2)c1. The number of alkyl halides is 3. The number of nitrogens with one attached hydrogen (secondary N) is 1. The molecule has 0 saturated carbocycles. The van der Waals surface area contributed by atoms with Crippen LogP contribution in [0.4, 0.5) is 18.9 Å². The van der Waals surface area contributed by atoms with Crippen molar-refractivity contribution < 1.29 is 27.4 Å². The molecule has 3 rings (SSSR count). The largest absolute Gasteiger partial charge is 0.457 e. The van der Waals surface area contributed by atoms with E-state index in [4.69, 9.17) is 21.1 Å². The van der Waals surface area contributed by atoms with Crippen LogP contribution < -0.4 is 10.1 Å². The Balaban J connectivity index is 1.75. The fourth-order valence-electron chi connectivity index (χ4n) is 3.24. The van der Waals surface area contributed by atoms with Gasteiger partial charge in [-0.05, 0) is 48.4 Å². The molecule has 2 atom stereocenters. The molecule has 182 valence electrons. The second-order valence-corrected chi connectivity index (χ2v) is 8.40. The van der Waals surface area contributed by atoms with Gasteiger partial charge in [0.05, 0.1) is 10.6 Å². The first kappa shape index (κ1) is 25.9. The fourth-order valence-corrected chi connectivity index (χ4v) is 3.52. The third-order valence-corrected chi connectivity index (χ3v) is 5.32. The van der Waals surface area contributed by atoms with Crippen LogP contribution >= 0.6 is 11.6 Å². The number of benzene rings is 3. The van der Waals surface area contributed by atoms with Gasteiger partial charge in [0.1, 0.15) is 23.6 Å². The molecule has 0 spiro atoms. The number of carbonyl (C=O) groups excluding carboxylic acids is 1. The summed E-state index contributed by atoms with van der Waals surface area (Å²) < 4.78 is 50.2. The van der Waals surface area contributed by atoms with Gasteiger partial charge in [-0.2, -0.15) is 18.4 Å². The quantitative estimate of drug-likeness (QED) is 0.325. The Labute approximate surface area is 206 Å². The molecule has 0 aliphatic heterocycles. The minimum absolute atomic E-state index is 0.213. The fraction of sp³-hybridized carbons (Fsp3) is 0.231. The van der Waals surface area contributed by atoms with Crippen LogP contribution in [0.1, 0.15) is 31.1 Å². The van der Waals surface area contributed by atoms with Crippen molar-refractivity contribution in [2.45, 2.75) is 32.2 Å². The van der Waals surface area contributed by atoms with E-state index in [-0.39, 0.29) is 11.6 Å². The normalized spacial score (nSPS) is 13.0. The van der Waals surface area contributed by atoms with E-state index in [2.05, 4.69) is 5.32 Å². The summed E-state index contributed by atoms with van der Waals surface area (Å²) in [5, 5.41) is 12.0. The summed E-state index contributed by atoms with van der Waals surface area (Å²) in [5.74, 6) is 0.0185. The highest BCUT2D eigenvalue weighted by Gasteiger charge is 2.33. The first-order chi connectivity index (χ1) is 16.6. The van der Waals surface area contributed by atoms with Crippen LogP contribution in [0, 0.1) is 17.2 Å². The summed E-state index contributed by atoms with van der Waals surface area (Å²) in [4.78, 5) is 12.9. The topological polar surface area (TPSA) is 71.3 Å². The monoisotopic (exact) mass is 502 g/mol. The number of hydrogen-bond donors (Lipinski definition) is 1. The van der Waals surface area contributed by atoms with Crippen LogP contribution in [-0.2, 0) is 15.7 Å². The second-order valence-electron chi connectivity index (χ2n) is 7.99. The zero-order chi connectivity index (χ0) is 25.6. The number of hydrogen-bond acceptors (Lipinski definition) is 5. The van der Waals surface area contributed by atoms with E-state index < -0.39 is 34.9 Å². The number of carbonyl (C=O) groups is 1. The van der Waals surface area contributed by atoms with E-state index in [1.807, 2.05) is 24.3 Å². The summed E-state index contributed by atoms with van der Waals surface area (Å²) in [5.41, 5.74) is -0.352. The lowest BCUT2D eigenvalue weighted by Gasteiger charge is -2.24. The van der Waals surface area contributed by atoms with Crippen molar-refractivity contribution in [2.75, 3.05) is 5.32 Å². The molecular formula is C26H22ClF3N2O3. The van der Waals surface area contributed by atoms with Gasteiger partial charge in [-0.1, -0.05) is 55.8 Å². The molecule has 1 N–H and O–H groups in total. The van der Waals surface area contributed by atoms with E-state index in [1.165, 1.54) is 6.07 Å². The van der Waals surface area contributed by atoms with Gasteiger partial charge in [0.2, 0.25) is 6.10 Å². The van der Waals surface area contributed by atoms with Crippen molar-refractivity contribution in [3.63, 3.8) is 0 Å². The maximum atomic E-state index is 13.0. The van der Waals surface area contributed by atoms with Crippen molar-refractivity contribution in [3.05, 3.63) is 88.9 Å². The van der Waals surface area contributed by atoms with E-state index >= 15 is 0 Å². The number of rotatable bonds is 8. The minimum Gasteiger partial charge on any atom is -0.457 e. The lowest BCUT2D eigenvalue weighted by molar-refractivity contribution is -0.149. The van der Waals surface area contributed by atoms with Crippen LogP contribution in [0.2, 0.25) is 5.02 Å². The van der Waals surface area contributed by atoms with Gasteiger partial charge in [0.15, 0.2) is 0 Å². The molecule has 0 aromatic heterocycles. The van der Waals surface area contributed by atoms with Gasteiger partial charge >= 0.3 is 12.1 Å². The number of esters is 1. The Kier molecular flexibility index (Phi) is 8.26. The van der Waals surface area contributed by atoms with Crippen LogP contribution in [0.5, 0.6) is 11.5 Å². The lowest BCUT2D eigenvalue weighted by atomic mass is 10.0. The van der Waals surface area contributed by atoms with E-state index in [1.54, 1.807) is 50.2 Å². The predicted molar refractivity (Wildman–Crippen MR) is 126 cm³/mol. The molecule has 0 unspecified atom stereocenters. The van der Waals surface area contributed by atoms with Gasteiger partial charge in [0, 0.05) is 11.3 Å². The van der Waals surface area contributed by atoms with E-state index in [0.29, 0.717) is 17.1 Å². The molecule has 0 aliphatic carbocycles. The lowest BCUT2D eigenvalue weighted by Crippen LogP contribution is -2.36. The van der Waals surface area contributed by atoms with E-state index in [0.717, 1.165) is 12.1 Å². The van der Waals surface area contributed by atoms with Gasteiger partial charge in [-0.15, -0.1) is 0 Å². The van der Waals surface area contributed by atoms with Crippen LogP contribution in [0.25, 0.3) is 0 Å². The van der Waals surface area contributed by atoms with Gasteiger partial charge in [-0.25, -0.2) is 4.79 Å². The molecule has 0 heterocycles. The number of halogens is 4. The van der Waals surface area contributed by atoms with Crippen LogP contribution in [0.15, 0.2) is 72.8 Å². The highest BCUT2D eigenvalue weighted by molar-refractivity contribution is 6.31. The number of anilines is 1. The van der Waals surface area contributed by atoms with Crippen LogP contribution in [-0.4, -0.2) is 12.0 Å². The van der Waals surface area contributed by atoms with E-state index in [9.17, 15) is 23.2 Å². The molecular weight excluding hydrogens is 481 g/mol. The number of ether oxygens (including phenoxy) is 2. The molecule has 0 radical (unpaired) electrons. The van der Waals surface area contributed by atoms with Gasteiger partial charge in [0.25, 0.3) is 0 Å². The highest BCUT2D eigenvalue weighted by Crippen LogP contribution is 2.36. The Morgan fingerprint density at radius 1 is 1.00 bits per heavy atom. The smallest absolute Gasteiger partial charge is 0.417 e. The zero-order valence-electron chi connectivity index (χ0n) is 18.8. The van der Waals surface area contributed by atoms with Crippen molar-refractivity contribution >= 4 is 23.3 Å². The van der Waals surface area contributed by atoms with Crippen molar-refractivity contribution in [2.24, 2.45) is 5.92 Å². The second kappa shape index (κ2) is 11.2. The Bertz CT molecular complexity index is 1210. The summed E-state index contributed by atoms with van der Waals surface area (Å²) in [7, 11) is 0. The molecule has 35 heavy (non-hydrogen) atoms. The summed E-state index contributed by atoms with van der Waals surface area (Å²) in [6.07, 6.45) is -5.81. The molecule has 3 aromatic carbocycles. The minimum atomic E-state index is -4.59. The van der Waals surface area contributed by atoms with Gasteiger partial charge in [-0.3, -0.25) is 0 Å². The summed E-state index contributed by atoms with van der Waals surface area (Å²) in [6, 6.07) is 19.8. The summed E-state index contributed by atoms with van der Waals surface area (Å²) >= 11 is 5.79. The average Bonchev–Trinajstić information content (AvgIpc) is 2.80.